The third kappa shape index (κ3) is 3.54. The maximum Gasteiger partial charge on any atom is 0.416 e. The zero-order valence-corrected chi connectivity index (χ0v) is 15.8. The molecule has 0 bridgehead atoms. The summed E-state index contributed by atoms with van der Waals surface area (Å²) in [4.78, 5) is 29.3. The second-order valence-corrected chi connectivity index (χ2v) is 7.35. The van der Waals surface area contributed by atoms with Crippen molar-refractivity contribution in [1.29, 1.82) is 0 Å². The van der Waals surface area contributed by atoms with Crippen molar-refractivity contribution in [2.75, 3.05) is 23.8 Å². The first-order chi connectivity index (χ1) is 13.8. The van der Waals surface area contributed by atoms with Crippen molar-refractivity contribution in [3.05, 3.63) is 59.2 Å². The molecule has 0 aromatic heterocycles. The van der Waals surface area contributed by atoms with Gasteiger partial charge in [-0.1, -0.05) is 6.07 Å². The van der Waals surface area contributed by atoms with Crippen LogP contribution in [0.15, 0.2) is 42.5 Å². The lowest BCUT2D eigenvalue weighted by Gasteiger charge is -2.46. The monoisotopic (exact) mass is 403 g/mol. The second-order valence-electron chi connectivity index (χ2n) is 7.35. The topological polar surface area (TPSA) is 52.7 Å². The van der Waals surface area contributed by atoms with Crippen molar-refractivity contribution in [3.8, 4) is 0 Å². The molecule has 0 radical (unpaired) electrons. The van der Waals surface area contributed by atoms with Crippen LogP contribution >= 0.6 is 0 Å². The van der Waals surface area contributed by atoms with Gasteiger partial charge in [0.05, 0.1) is 16.8 Å². The van der Waals surface area contributed by atoms with E-state index in [9.17, 15) is 22.8 Å². The number of alkyl halides is 3. The number of amides is 2. The molecule has 2 aliphatic heterocycles. The van der Waals surface area contributed by atoms with E-state index in [0.717, 1.165) is 31.4 Å². The average Bonchev–Trinajstić information content (AvgIpc) is 2.71. The van der Waals surface area contributed by atoms with Gasteiger partial charge in [-0.05, 0) is 55.7 Å². The molecule has 5 nitrogen and oxygen atoms in total. The number of hydrogen-bond donors (Lipinski definition) is 1. The number of nitrogens with zero attached hydrogens (tertiary/aromatic N) is 2. The molecule has 1 fully saturated rings. The maximum atomic E-state index is 12.9. The number of fused-ring (bicyclic) bond motifs is 2. The van der Waals surface area contributed by atoms with Gasteiger partial charge in [-0.15, -0.1) is 0 Å². The molecule has 8 heteroatoms. The Morgan fingerprint density at radius 2 is 1.93 bits per heavy atom. The number of benzene rings is 2. The third-order valence-corrected chi connectivity index (χ3v) is 5.50. The highest BCUT2D eigenvalue weighted by atomic mass is 19.4. The molecule has 0 aliphatic carbocycles. The van der Waals surface area contributed by atoms with Crippen LogP contribution in [0.3, 0.4) is 0 Å². The molecule has 29 heavy (non-hydrogen) atoms. The number of anilines is 2. The van der Waals surface area contributed by atoms with Crippen molar-refractivity contribution < 1.29 is 22.8 Å². The Balaban J connectivity index is 1.60. The number of halogens is 3. The molecule has 1 N–H and O–H groups in total. The molecule has 1 saturated heterocycles. The van der Waals surface area contributed by atoms with E-state index in [1.807, 2.05) is 16.8 Å². The number of piperidine rings is 1. The molecule has 2 aliphatic rings. The quantitative estimate of drug-likeness (QED) is 0.811. The van der Waals surface area contributed by atoms with E-state index in [4.69, 9.17) is 0 Å². The first-order valence-corrected chi connectivity index (χ1v) is 9.42. The Kier molecular flexibility index (Phi) is 4.72. The minimum Gasteiger partial charge on any atom is -0.354 e. The van der Waals surface area contributed by atoms with Gasteiger partial charge < -0.3 is 15.1 Å². The van der Waals surface area contributed by atoms with Crippen LogP contribution < -0.4 is 10.2 Å². The lowest BCUT2D eigenvalue weighted by molar-refractivity contribution is -0.137. The van der Waals surface area contributed by atoms with Crippen LogP contribution in [0.25, 0.3) is 0 Å². The van der Waals surface area contributed by atoms with E-state index in [-0.39, 0.29) is 23.3 Å². The van der Waals surface area contributed by atoms with E-state index < -0.39 is 17.6 Å². The Labute approximate surface area is 166 Å². The number of carbonyl (C=O) groups excluding carboxylic acids is 2. The Morgan fingerprint density at radius 1 is 1.14 bits per heavy atom. The minimum absolute atomic E-state index is 0.0365. The van der Waals surface area contributed by atoms with E-state index in [2.05, 4.69) is 5.32 Å². The lowest BCUT2D eigenvalue weighted by Crippen LogP contribution is -2.55. The molecule has 0 unspecified atom stereocenters. The smallest absolute Gasteiger partial charge is 0.354 e. The number of carbonyl (C=O) groups is 2. The predicted octanol–water partition coefficient (Wildman–Crippen LogP) is 4.36. The summed E-state index contributed by atoms with van der Waals surface area (Å²) in [6.07, 6.45) is -1.65. The minimum atomic E-state index is -4.48. The van der Waals surface area contributed by atoms with Crippen molar-refractivity contribution >= 4 is 23.2 Å². The van der Waals surface area contributed by atoms with Gasteiger partial charge in [0.15, 0.2) is 0 Å². The zero-order chi connectivity index (χ0) is 20.8. The fraction of sp³-hybridized carbons (Fsp3) is 0.333. The Hall–Kier alpha value is -3.03. The van der Waals surface area contributed by atoms with Gasteiger partial charge in [0.1, 0.15) is 6.17 Å². The Bertz CT molecular complexity index is 974. The Morgan fingerprint density at radius 3 is 2.69 bits per heavy atom. The maximum absolute atomic E-state index is 12.9. The van der Waals surface area contributed by atoms with Gasteiger partial charge in [0.2, 0.25) is 0 Å². The zero-order valence-electron chi connectivity index (χ0n) is 15.8. The first-order valence-electron chi connectivity index (χ1n) is 9.42. The van der Waals surface area contributed by atoms with E-state index in [1.54, 1.807) is 12.1 Å². The molecule has 2 aromatic carbocycles. The van der Waals surface area contributed by atoms with Crippen molar-refractivity contribution in [2.24, 2.45) is 0 Å². The molecule has 4 rings (SSSR count). The standard InChI is InChI=1S/C21H20F3N3O2/c1-26-17-11-13(8-9-16(17)20(29)27-10-3-2-7-18(26)27)19(28)25-15-6-4-5-14(12-15)21(22,23)24/h4-6,8-9,11-12,18H,2-3,7,10H2,1H3,(H,25,28)/t18-/m1/s1. The third-order valence-electron chi connectivity index (χ3n) is 5.50. The summed E-state index contributed by atoms with van der Waals surface area (Å²) >= 11 is 0. The van der Waals surface area contributed by atoms with Crippen LogP contribution in [-0.4, -0.2) is 36.5 Å². The summed E-state index contributed by atoms with van der Waals surface area (Å²) in [5, 5.41) is 2.51. The fourth-order valence-corrected chi connectivity index (χ4v) is 3.99. The summed E-state index contributed by atoms with van der Waals surface area (Å²) in [6.45, 7) is 0.713. The molecule has 2 amide bonds. The summed E-state index contributed by atoms with van der Waals surface area (Å²) in [5.41, 5.74) is 0.704. The summed E-state index contributed by atoms with van der Waals surface area (Å²) < 4.78 is 38.6. The van der Waals surface area contributed by atoms with Gasteiger partial charge in [-0.3, -0.25) is 9.59 Å². The highest BCUT2D eigenvalue weighted by Gasteiger charge is 2.37. The molecular weight excluding hydrogens is 383 g/mol. The van der Waals surface area contributed by atoms with Gasteiger partial charge in [0, 0.05) is 24.8 Å². The molecule has 1 atom stereocenters. The summed E-state index contributed by atoms with van der Waals surface area (Å²) in [7, 11) is 1.89. The highest BCUT2D eigenvalue weighted by molar-refractivity contribution is 6.08. The van der Waals surface area contributed by atoms with E-state index in [0.29, 0.717) is 17.8 Å². The average molecular weight is 403 g/mol. The number of rotatable bonds is 2. The molecular formula is C21H20F3N3O2. The number of nitrogens with one attached hydrogen (secondary N) is 1. The largest absolute Gasteiger partial charge is 0.416 e. The summed E-state index contributed by atoms with van der Waals surface area (Å²) in [5.74, 6) is -0.577. The van der Waals surface area contributed by atoms with Crippen LogP contribution in [0.5, 0.6) is 0 Å². The second kappa shape index (κ2) is 7.09. The molecule has 0 spiro atoms. The van der Waals surface area contributed by atoms with Gasteiger partial charge in [-0.2, -0.15) is 13.2 Å². The fourth-order valence-electron chi connectivity index (χ4n) is 3.99. The van der Waals surface area contributed by atoms with E-state index >= 15 is 0 Å². The van der Waals surface area contributed by atoms with E-state index in [1.165, 1.54) is 18.2 Å². The SMILES string of the molecule is CN1c2cc(C(=O)Nc3cccc(C(F)(F)F)c3)ccc2C(=O)N2CCCC[C@@H]21. The van der Waals surface area contributed by atoms with Gasteiger partial charge in [0.25, 0.3) is 11.8 Å². The first kappa shape index (κ1) is 19.3. The van der Waals surface area contributed by atoms with Crippen LogP contribution in [0.4, 0.5) is 24.5 Å². The molecule has 0 saturated carbocycles. The molecule has 2 heterocycles. The highest BCUT2D eigenvalue weighted by Crippen LogP contribution is 2.35. The van der Waals surface area contributed by atoms with Crippen LogP contribution in [0.2, 0.25) is 0 Å². The predicted molar refractivity (Wildman–Crippen MR) is 103 cm³/mol. The normalized spacial score (nSPS) is 18.9. The van der Waals surface area contributed by atoms with Crippen molar-refractivity contribution in [2.45, 2.75) is 31.6 Å². The van der Waals surface area contributed by atoms with Gasteiger partial charge >= 0.3 is 6.18 Å². The lowest BCUT2D eigenvalue weighted by atomic mass is 9.97. The van der Waals surface area contributed by atoms with Crippen molar-refractivity contribution in [3.63, 3.8) is 0 Å². The van der Waals surface area contributed by atoms with Crippen LogP contribution in [0, 0.1) is 0 Å². The number of hydrogen-bond acceptors (Lipinski definition) is 3. The van der Waals surface area contributed by atoms with Crippen LogP contribution in [-0.2, 0) is 6.18 Å². The molecule has 2 aromatic rings. The molecule has 152 valence electrons. The van der Waals surface area contributed by atoms with Crippen LogP contribution in [0.1, 0.15) is 45.5 Å². The summed E-state index contributed by atoms with van der Waals surface area (Å²) in [6, 6.07) is 9.26. The van der Waals surface area contributed by atoms with Crippen molar-refractivity contribution in [1.82, 2.24) is 4.90 Å². The van der Waals surface area contributed by atoms with Gasteiger partial charge in [-0.25, -0.2) is 0 Å².